The van der Waals surface area contributed by atoms with E-state index in [-0.39, 0.29) is 11.9 Å². The highest BCUT2D eigenvalue weighted by Crippen LogP contribution is 2.32. The van der Waals surface area contributed by atoms with Gasteiger partial charge >= 0.3 is 0 Å². The summed E-state index contributed by atoms with van der Waals surface area (Å²) in [5.41, 5.74) is 1.24. The molecule has 96 valence electrons. The van der Waals surface area contributed by atoms with Crippen LogP contribution in [-0.4, -0.2) is 20.8 Å². The highest BCUT2D eigenvalue weighted by molar-refractivity contribution is 9.10. The summed E-state index contributed by atoms with van der Waals surface area (Å²) in [6.07, 6.45) is 4.98. The highest BCUT2D eigenvalue weighted by Gasteiger charge is 2.22. The van der Waals surface area contributed by atoms with Crippen molar-refractivity contribution in [3.63, 3.8) is 0 Å². The summed E-state index contributed by atoms with van der Waals surface area (Å²) in [5, 5.41) is 9.53. The average Bonchev–Trinajstić information content (AvgIpc) is 2.74. The number of rotatable bonds is 1. The summed E-state index contributed by atoms with van der Waals surface area (Å²) in [7, 11) is 0. The van der Waals surface area contributed by atoms with Crippen molar-refractivity contribution in [1.82, 2.24) is 9.55 Å². The second-order valence-corrected chi connectivity index (χ2v) is 5.79. The minimum Gasteiger partial charge on any atom is -0.393 e. The van der Waals surface area contributed by atoms with Gasteiger partial charge in [0.1, 0.15) is 5.52 Å². The summed E-state index contributed by atoms with van der Waals surface area (Å²) in [6, 6.07) is 3.65. The van der Waals surface area contributed by atoms with Crippen LogP contribution in [0.2, 0.25) is 0 Å². The predicted molar refractivity (Wildman–Crippen MR) is 70.9 cm³/mol. The fourth-order valence-corrected chi connectivity index (χ4v) is 3.10. The number of benzene rings is 1. The van der Waals surface area contributed by atoms with Gasteiger partial charge in [0.25, 0.3) is 0 Å². The van der Waals surface area contributed by atoms with E-state index in [1.54, 1.807) is 6.33 Å². The van der Waals surface area contributed by atoms with E-state index in [1.807, 2.05) is 10.6 Å². The first-order valence-electron chi connectivity index (χ1n) is 6.15. The molecule has 1 saturated carbocycles. The van der Waals surface area contributed by atoms with Crippen molar-refractivity contribution in [3.8, 4) is 0 Å². The number of fused-ring (bicyclic) bond motifs is 1. The maximum absolute atomic E-state index is 13.7. The van der Waals surface area contributed by atoms with Crippen LogP contribution >= 0.6 is 15.9 Å². The number of halogens is 2. The molecule has 0 saturated heterocycles. The smallest absolute Gasteiger partial charge is 0.152 e. The Kier molecular flexibility index (Phi) is 3.11. The Bertz CT molecular complexity index is 576. The third kappa shape index (κ3) is 2.06. The van der Waals surface area contributed by atoms with Crippen molar-refractivity contribution in [3.05, 3.63) is 28.7 Å². The van der Waals surface area contributed by atoms with Gasteiger partial charge in [0.15, 0.2) is 5.82 Å². The van der Waals surface area contributed by atoms with Crippen LogP contribution in [0.1, 0.15) is 31.7 Å². The van der Waals surface area contributed by atoms with Crippen LogP contribution in [0, 0.1) is 5.82 Å². The zero-order chi connectivity index (χ0) is 12.7. The molecule has 1 aliphatic rings. The van der Waals surface area contributed by atoms with E-state index >= 15 is 0 Å². The van der Waals surface area contributed by atoms with E-state index in [9.17, 15) is 9.50 Å². The van der Waals surface area contributed by atoms with Crippen LogP contribution in [0.15, 0.2) is 22.9 Å². The second kappa shape index (κ2) is 4.63. The summed E-state index contributed by atoms with van der Waals surface area (Å²) in [6.45, 7) is 0. The fourth-order valence-electron chi connectivity index (χ4n) is 2.69. The molecule has 1 aromatic carbocycles. The van der Waals surface area contributed by atoms with E-state index in [4.69, 9.17) is 0 Å². The van der Waals surface area contributed by atoms with Gasteiger partial charge in [0.05, 0.1) is 17.9 Å². The van der Waals surface area contributed by atoms with E-state index < -0.39 is 0 Å². The normalized spacial score (nSPS) is 24.6. The van der Waals surface area contributed by atoms with Crippen LogP contribution in [-0.2, 0) is 0 Å². The number of nitrogens with zero attached hydrogens (tertiary/aromatic N) is 2. The summed E-state index contributed by atoms with van der Waals surface area (Å²) in [5.74, 6) is -0.297. The molecule has 0 unspecified atom stereocenters. The van der Waals surface area contributed by atoms with E-state index in [1.165, 1.54) is 6.07 Å². The van der Waals surface area contributed by atoms with Crippen LogP contribution < -0.4 is 0 Å². The van der Waals surface area contributed by atoms with E-state index in [0.29, 0.717) is 11.6 Å². The van der Waals surface area contributed by atoms with Gasteiger partial charge in [0, 0.05) is 10.5 Å². The first kappa shape index (κ1) is 12.1. The van der Waals surface area contributed by atoms with Crippen molar-refractivity contribution >= 4 is 27.0 Å². The third-order valence-electron chi connectivity index (χ3n) is 3.66. The van der Waals surface area contributed by atoms with Gasteiger partial charge in [-0.1, -0.05) is 15.9 Å². The zero-order valence-electron chi connectivity index (χ0n) is 9.81. The Morgan fingerprint density at radius 3 is 2.72 bits per heavy atom. The third-order valence-corrected chi connectivity index (χ3v) is 4.11. The Morgan fingerprint density at radius 2 is 2.00 bits per heavy atom. The zero-order valence-corrected chi connectivity index (χ0v) is 11.4. The van der Waals surface area contributed by atoms with Gasteiger partial charge in [-0.15, -0.1) is 0 Å². The maximum atomic E-state index is 13.7. The number of hydrogen-bond acceptors (Lipinski definition) is 2. The molecule has 2 aromatic rings. The lowest BCUT2D eigenvalue weighted by Gasteiger charge is -2.26. The number of imidazole rings is 1. The standard InChI is InChI=1S/C13H14BrFN2O/c14-8-5-11(15)13-12(6-8)17(7-16-13)9-1-3-10(18)4-2-9/h5-7,9-10,18H,1-4H2/t9-,10-. The van der Waals surface area contributed by atoms with Crippen molar-refractivity contribution in [1.29, 1.82) is 0 Å². The molecule has 5 heteroatoms. The molecule has 1 heterocycles. The number of hydrogen-bond donors (Lipinski definition) is 1. The number of aliphatic hydroxyl groups is 1. The summed E-state index contributed by atoms with van der Waals surface area (Å²) >= 11 is 3.31. The lowest BCUT2D eigenvalue weighted by Crippen LogP contribution is -2.20. The van der Waals surface area contributed by atoms with Crippen LogP contribution in [0.3, 0.4) is 0 Å². The first-order chi connectivity index (χ1) is 8.65. The van der Waals surface area contributed by atoms with Gasteiger partial charge in [-0.2, -0.15) is 0 Å². The molecule has 3 nitrogen and oxygen atoms in total. The number of aliphatic hydroxyl groups excluding tert-OH is 1. The maximum Gasteiger partial charge on any atom is 0.152 e. The topological polar surface area (TPSA) is 38.0 Å². The van der Waals surface area contributed by atoms with E-state index in [0.717, 1.165) is 35.7 Å². The molecule has 1 aliphatic carbocycles. The minimum absolute atomic E-state index is 0.181. The van der Waals surface area contributed by atoms with Crippen molar-refractivity contribution < 1.29 is 9.50 Å². The van der Waals surface area contributed by atoms with Gasteiger partial charge in [-0.25, -0.2) is 9.37 Å². The molecule has 1 aromatic heterocycles. The Balaban J connectivity index is 2.02. The lowest BCUT2D eigenvalue weighted by molar-refractivity contribution is 0.111. The van der Waals surface area contributed by atoms with Gasteiger partial charge in [-0.3, -0.25) is 0 Å². The Morgan fingerprint density at radius 1 is 1.28 bits per heavy atom. The molecule has 0 spiro atoms. The summed E-state index contributed by atoms with van der Waals surface area (Å²) < 4.78 is 16.5. The van der Waals surface area contributed by atoms with E-state index in [2.05, 4.69) is 20.9 Å². The molecular formula is C13H14BrFN2O. The van der Waals surface area contributed by atoms with Crippen LogP contribution in [0.5, 0.6) is 0 Å². The molecule has 0 radical (unpaired) electrons. The largest absolute Gasteiger partial charge is 0.393 e. The first-order valence-corrected chi connectivity index (χ1v) is 6.94. The molecule has 18 heavy (non-hydrogen) atoms. The molecule has 0 aliphatic heterocycles. The molecule has 1 fully saturated rings. The lowest BCUT2D eigenvalue weighted by atomic mass is 9.93. The van der Waals surface area contributed by atoms with Crippen LogP contribution in [0.25, 0.3) is 11.0 Å². The quantitative estimate of drug-likeness (QED) is 0.876. The van der Waals surface area contributed by atoms with Gasteiger partial charge in [-0.05, 0) is 37.8 Å². The fraction of sp³-hybridized carbons (Fsp3) is 0.462. The highest BCUT2D eigenvalue weighted by atomic mass is 79.9. The van der Waals surface area contributed by atoms with Crippen LogP contribution in [0.4, 0.5) is 4.39 Å². The van der Waals surface area contributed by atoms with Crippen molar-refractivity contribution in [2.75, 3.05) is 0 Å². The van der Waals surface area contributed by atoms with Gasteiger partial charge < -0.3 is 9.67 Å². The van der Waals surface area contributed by atoms with Gasteiger partial charge in [0.2, 0.25) is 0 Å². The van der Waals surface area contributed by atoms with Crippen molar-refractivity contribution in [2.45, 2.75) is 37.8 Å². The SMILES string of the molecule is O[C@H]1CC[C@H](n2cnc3c(F)cc(Br)cc32)CC1. The summed E-state index contributed by atoms with van der Waals surface area (Å²) in [4.78, 5) is 4.16. The number of aromatic nitrogens is 2. The predicted octanol–water partition coefficient (Wildman–Crippen LogP) is 3.41. The molecular weight excluding hydrogens is 299 g/mol. The Hall–Kier alpha value is -0.940. The molecule has 0 amide bonds. The monoisotopic (exact) mass is 312 g/mol. The molecule has 3 rings (SSSR count). The minimum atomic E-state index is -0.297. The average molecular weight is 313 g/mol. The molecule has 0 atom stereocenters. The molecule has 0 bridgehead atoms. The Labute approximate surface area is 113 Å². The van der Waals surface area contributed by atoms with Crippen molar-refractivity contribution in [2.24, 2.45) is 0 Å². The second-order valence-electron chi connectivity index (χ2n) is 4.87. The molecule has 1 N–H and O–H groups in total.